The Hall–Kier alpha value is -3.40. The van der Waals surface area contributed by atoms with Crippen molar-refractivity contribution in [3.05, 3.63) is 91.3 Å². The second-order valence-corrected chi connectivity index (χ2v) is 5.44. The summed E-state index contributed by atoms with van der Waals surface area (Å²) in [5.41, 5.74) is 2.40. The molecule has 0 bridgehead atoms. The number of nitrogens with zero attached hydrogens (tertiary/aromatic N) is 3. The van der Waals surface area contributed by atoms with Gasteiger partial charge >= 0.3 is 5.82 Å². The van der Waals surface area contributed by atoms with Crippen LogP contribution >= 0.6 is 0 Å². The number of benzene rings is 2. The Morgan fingerprint density at radius 3 is 2.21 bits per heavy atom. The summed E-state index contributed by atoms with van der Waals surface area (Å²) in [7, 11) is 0. The molecule has 0 spiro atoms. The van der Waals surface area contributed by atoms with Crippen molar-refractivity contribution >= 4 is 0 Å². The van der Waals surface area contributed by atoms with Crippen molar-refractivity contribution in [3.8, 4) is 28.5 Å². The number of aromatic nitrogens is 3. The average molecular weight is 314 g/mol. The summed E-state index contributed by atoms with van der Waals surface area (Å²) in [5.74, 6) is 1.12. The van der Waals surface area contributed by atoms with Gasteiger partial charge in [-0.25, -0.2) is 4.57 Å². The molecule has 4 heteroatoms. The fraction of sp³-hybridized carbons (Fsp3) is 0. The molecule has 0 amide bonds. The summed E-state index contributed by atoms with van der Waals surface area (Å²) >= 11 is 0. The zero-order valence-corrected chi connectivity index (χ0v) is 12.9. The molecule has 0 fully saturated rings. The molecule has 2 heterocycles. The van der Waals surface area contributed by atoms with E-state index < -0.39 is 0 Å². The third kappa shape index (κ3) is 2.54. The second kappa shape index (κ2) is 6.01. The molecule has 1 N–H and O–H groups in total. The topological polar surface area (TPSA) is 41.9 Å². The van der Waals surface area contributed by atoms with E-state index >= 15 is 0 Å². The highest BCUT2D eigenvalue weighted by molar-refractivity contribution is 5.67. The predicted molar refractivity (Wildman–Crippen MR) is 92.2 cm³/mol. The Morgan fingerprint density at radius 1 is 0.792 bits per heavy atom. The Balaban J connectivity index is 1.94. The first-order valence-electron chi connectivity index (χ1n) is 7.73. The van der Waals surface area contributed by atoms with Gasteiger partial charge < -0.3 is 5.11 Å². The minimum atomic E-state index is 0.222. The summed E-state index contributed by atoms with van der Waals surface area (Å²) in [5, 5.41) is 14.9. The van der Waals surface area contributed by atoms with E-state index in [9.17, 15) is 5.11 Å². The SMILES string of the molecule is Oc1ccccc1-c1cc(-[n+]2ccccc2)n(-c2ccccc2)n1. The molecular weight excluding hydrogens is 298 g/mol. The summed E-state index contributed by atoms with van der Waals surface area (Å²) in [6.45, 7) is 0. The molecule has 0 aliphatic rings. The maximum absolute atomic E-state index is 10.1. The lowest BCUT2D eigenvalue weighted by molar-refractivity contribution is -0.601. The molecule has 0 atom stereocenters. The van der Waals surface area contributed by atoms with E-state index in [4.69, 9.17) is 5.10 Å². The van der Waals surface area contributed by atoms with Crippen LogP contribution in [0.25, 0.3) is 22.8 Å². The Bertz CT molecular complexity index is 906. The lowest BCUT2D eigenvalue weighted by Gasteiger charge is -1.99. The van der Waals surface area contributed by atoms with Gasteiger partial charge in [0.05, 0.1) is 18.5 Å². The van der Waals surface area contributed by atoms with Crippen LogP contribution in [0.4, 0.5) is 0 Å². The molecule has 4 nitrogen and oxygen atoms in total. The Labute approximate surface area is 139 Å². The van der Waals surface area contributed by atoms with Gasteiger partial charge in [0.25, 0.3) is 0 Å². The van der Waals surface area contributed by atoms with Gasteiger partial charge in [-0.15, -0.1) is 0 Å². The van der Waals surface area contributed by atoms with Crippen LogP contribution in [0.1, 0.15) is 0 Å². The van der Waals surface area contributed by atoms with Crippen molar-refractivity contribution in [2.24, 2.45) is 0 Å². The minimum Gasteiger partial charge on any atom is -0.507 e. The van der Waals surface area contributed by atoms with Crippen molar-refractivity contribution in [1.29, 1.82) is 0 Å². The molecular formula is C20H16N3O+. The molecule has 0 aliphatic carbocycles. The summed E-state index contributed by atoms with van der Waals surface area (Å²) in [4.78, 5) is 0. The largest absolute Gasteiger partial charge is 0.507 e. The molecule has 2 aromatic carbocycles. The average Bonchev–Trinajstić information content (AvgIpc) is 3.09. The standard InChI is InChI=1S/C20H15N3O/c24-19-12-6-5-11-17(19)18-15-20(22-13-7-2-8-14-22)23(21-18)16-9-3-1-4-10-16/h1-15H/p+1. The van der Waals surface area contributed by atoms with Crippen LogP contribution in [-0.2, 0) is 0 Å². The highest BCUT2D eigenvalue weighted by Gasteiger charge is 2.21. The highest BCUT2D eigenvalue weighted by atomic mass is 16.3. The van der Waals surface area contributed by atoms with Gasteiger partial charge in [-0.1, -0.05) is 46.2 Å². The zero-order valence-electron chi connectivity index (χ0n) is 12.9. The van der Waals surface area contributed by atoms with Gasteiger partial charge in [0.15, 0.2) is 5.69 Å². The van der Waals surface area contributed by atoms with Gasteiger partial charge in [-0.3, -0.25) is 0 Å². The van der Waals surface area contributed by atoms with Crippen molar-refractivity contribution in [2.75, 3.05) is 0 Å². The second-order valence-electron chi connectivity index (χ2n) is 5.44. The maximum atomic E-state index is 10.1. The summed E-state index contributed by atoms with van der Waals surface area (Å²) in [6, 6.07) is 25.1. The quantitative estimate of drug-likeness (QED) is 0.588. The summed E-state index contributed by atoms with van der Waals surface area (Å²) in [6.07, 6.45) is 3.95. The number of pyridine rings is 1. The molecule has 0 radical (unpaired) electrons. The smallest absolute Gasteiger partial charge is 0.314 e. The third-order valence-corrected chi connectivity index (χ3v) is 3.85. The molecule has 0 unspecified atom stereocenters. The summed E-state index contributed by atoms with van der Waals surface area (Å²) < 4.78 is 3.88. The molecule has 24 heavy (non-hydrogen) atoms. The van der Waals surface area contributed by atoms with Crippen molar-refractivity contribution in [1.82, 2.24) is 9.78 Å². The monoisotopic (exact) mass is 314 g/mol. The number of phenolic OH excluding ortho intramolecular Hbond substituents is 1. The third-order valence-electron chi connectivity index (χ3n) is 3.85. The first-order valence-corrected chi connectivity index (χ1v) is 7.73. The fourth-order valence-corrected chi connectivity index (χ4v) is 2.69. The van der Waals surface area contributed by atoms with E-state index in [1.807, 2.05) is 88.4 Å². The lowest BCUT2D eigenvalue weighted by Crippen LogP contribution is -2.32. The number of hydrogen-bond donors (Lipinski definition) is 1. The van der Waals surface area contributed by atoms with Gasteiger partial charge in [-0.2, -0.15) is 0 Å². The number of rotatable bonds is 3. The minimum absolute atomic E-state index is 0.222. The Kier molecular flexibility index (Phi) is 3.56. The molecule has 2 aromatic heterocycles. The molecule has 4 rings (SSSR count). The van der Waals surface area contributed by atoms with Crippen molar-refractivity contribution < 1.29 is 9.67 Å². The van der Waals surface area contributed by atoms with Crippen molar-refractivity contribution in [3.63, 3.8) is 0 Å². The molecule has 116 valence electrons. The van der Waals surface area contributed by atoms with E-state index in [0.717, 1.165) is 17.2 Å². The molecule has 4 aromatic rings. The van der Waals surface area contributed by atoms with E-state index in [0.29, 0.717) is 5.56 Å². The predicted octanol–water partition coefficient (Wildman–Crippen LogP) is 3.52. The van der Waals surface area contributed by atoms with E-state index in [1.54, 1.807) is 12.1 Å². The van der Waals surface area contributed by atoms with Crippen LogP contribution in [0, 0.1) is 0 Å². The maximum Gasteiger partial charge on any atom is 0.314 e. The molecule has 0 saturated carbocycles. The molecule has 0 aliphatic heterocycles. The molecule has 0 saturated heterocycles. The van der Waals surface area contributed by atoms with E-state index in [2.05, 4.69) is 0 Å². The fourth-order valence-electron chi connectivity index (χ4n) is 2.69. The number of hydrogen-bond acceptors (Lipinski definition) is 2. The van der Waals surface area contributed by atoms with Crippen LogP contribution in [0.15, 0.2) is 91.3 Å². The number of aromatic hydroxyl groups is 1. The van der Waals surface area contributed by atoms with Gasteiger partial charge in [0.1, 0.15) is 11.4 Å². The van der Waals surface area contributed by atoms with Crippen LogP contribution in [0.3, 0.4) is 0 Å². The van der Waals surface area contributed by atoms with Gasteiger partial charge in [0, 0.05) is 5.56 Å². The normalized spacial score (nSPS) is 10.7. The first kappa shape index (κ1) is 14.2. The first-order chi connectivity index (χ1) is 11.8. The van der Waals surface area contributed by atoms with Gasteiger partial charge in [0.2, 0.25) is 0 Å². The van der Waals surface area contributed by atoms with Crippen LogP contribution in [-0.4, -0.2) is 14.9 Å². The van der Waals surface area contributed by atoms with Crippen molar-refractivity contribution in [2.45, 2.75) is 0 Å². The van der Waals surface area contributed by atoms with E-state index in [1.165, 1.54) is 0 Å². The van der Waals surface area contributed by atoms with Gasteiger partial charge in [-0.05, 0) is 36.4 Å². The van der Waals surface area contributed by atoms with Crippen LogP contribution in [0.5, 0.6) is 5.75 Å². The van der Waals surface area contributed by atoms with Crippen LogP contribution < -0.4 is 4.57 Å². The van der Waals surface area contributed by atoms with E-state index in [-0.39, 0.29) is 5.75 Å². The van der Waals surface area contributed by atoms with Crippen LogP contribution in [0.2, 0.25) is 0 Å². The number of phenols is 1. The Morgan fingerprint density at radius 2 is 1.46 bits per heavy atom. The number of para-hydroxylation sites is 2. The highest BCUT2D eigenvalue weighted by Crippen LogP contribution is 2.29. The zero-order chi connectivity index (χ0) is 16.4. The lowest BCUT2D eigenvalue weighted by atomic mass is 10.1.